The molecule has 1 aromatic carbocycles. The summed E-state index contributed by atoms with van der Waals surface area (Å²) in [6.45, 7) is 4.02. The van der Waals surface area contributed by atoms with E-state index in [1.807, 2.05) is 6.92 Å². The van der Waals surface area contributed by atoms with Crippen molar-refractivity contribution in [2.75, 3.05) is 0 Å². The summed E-state index contributed by atoms with van der Waals surface area (Å²) in [4.78, 5) is 0. The van der Waals surface area contributed by atoms with Crippen LogP contribution in [0.1, 0.15) is 30.0 Å². The summed E-state index contributed by atoms with van der Waals surface area (Å²) in [5.41, 5.74) is 6.37. The van der Waals surface area contributed by atoms with E-state index in [1.54, 1.807) is 11.8 Å². The Kier molecular flexibility index (Phi) is 3.81. The van der Waals surface area contributed by atoms with Crippen LogP contribution in [0.5, 0.6) is 0 Å². The number of aryl methyl sites for hydroxylation is 1. The third-order valence-electron chi connectivity index (χ3n) is 2.29. The van der Waals surface area contributed by atoms with E-state index < -0.39 is 0 Å². The Balaban J connectivity index is 1.97. The maximum atomic E-state index is 5.48. The van der Waals surface area contributed by atoms with Crippen LogP contribution in [0.25, 0.3) is 0 Å². The van der Waals surface area contributed by atoms with E-state index in [-0.39, 0.29) is 6.04 Å². The Morgan fingerprint density at radius 3 is 2.88 bits per heavy atom. The average molecular weight is 250 g/mol. The second kappa shape index (κ2) is 5.33. The SMILES string of the molecule is Cc1cccc(CSc2nnc([C@H](C)[NH3+])o2)c1. The minimum absolute atomic E-state index is 0.0378. The average Bonchev–Trinajstić information content (AvgIpc) is 2.75. The van der Waals surface area contributed by atoms with Crippen LogP contribution in [0.15, 0.2) is 33.9 Å². The fourth-order valence-electron chi connectivity index (χ4n) is 1.42. The number of hydrogen-bond donors (Lipinski definition) is 1. The quantitative estimate of drug-likeness (QED) is 0.842. The van der Waals surface area contributed by atoms with Crippen LogP contribution >= 0.6 is 11.8 Å². The Hall–Kier alpha value is -1.33. The smallest absolute Gasteiger partial charge is 0.277 e. The van der Waals surface area contributed by atoms with Crippen molar-refractivity contribution in [2.24, 2.45) is 0 Å². The van der Waals surface area contributed by atoms with Gasteiger partial charge < -0.3 is 10.2 Å². The molecule has 0 radical (unpaired) electrons. The molecule has 0 aliphatic heterocycles. The van der Waals surface area contributed by atoms with Gasteiger partial charge in [0.15, 0.2) is 6.04 Å². The van der Waals surface area contributed by atoms with E-state index in [1.165, 1.54) is 11.1 Å². The summed E-state index contributed by atoms with van der Waals surface area (Å²) in [5, 5.41) is 8.54. The molecule has 0 aliphatic rings. The molecular weight excluding hydrogens is 234 g/mol. The van der Waals surface area contributed by atoms with Crippen molar-refractivity contribution >= 4 is 11.8 Å². The molecule has 0 saturated heterocycles. The van der Waals surface area contributed by atoms with Gasteiger partial charge in [-0.3, -0.25) is 0 Å². The largest absolute Gasteiger partial charge is 0.410 e. The highest BCUT2D eigenvalue weighted by Gasteiger charge is 2.12. The molecular formula is C12H16N3OS+. The molecule has 90 valence electrons. The van der Waals surface area contributed by atoms with Gasteiger partial charge in [-0.15, -0.1) is 10.2 Å². The zero-order valence-electron chi connectivity index (χ0n) is 10.0. The molecule has 0 saturated carbocycles. The lowest BCUT2D eigenvalue weighted by molar-refractivity contribution is -0.425. The molecule has 4 nitrogen and oxygen atoms in total. The summed E-state index contributed by atoms with van der Waals surface area (Å²) in [6.07, 6.45) is 0. The number of benzene rings is 1. The number of quaternary nitrogens is 1. The van der Waals surface area contributed by atoms with Crippen molar-refractivity contribution in [3.63, 3.8) is 0 Å². The lowest BCUT2D eigenvalue weighted by Gasteiger charge is -1.99. The second-order valence-corrected chi connectivity index (χ2v) is 5.01. The molecule has 0 aliphatic carbocycles. The van der Waals surface area contributed by atoms with Gasteiger partial charge >= 0.3 is 0 Å². The lowest BCUT2D eigenvalue weighted by Crippen LogP contribution is -2.51. The van der Waals surface area contributed by atoms with E-state index in [0.717, 1.165) is 5.75 Å². The molecule has 5 heteroatoms. The van der Waals surface area contributed by atoms with Crippen LogP contribution in [0.4, 0.5) is 0 Å². The van der Waals surface area contributed by atoms with Crippen LogP contribution in [0, 0.1) is 6.92 Å². The lowest BCUT2D eigenvalue weighted by atomic mass is 10.2. The van der Waals surface area contributed by atoms with Crippen LogP contribution in [-0.4, -0.2) is 10.2 Å². The van der Waals surface area contributed by atoms with Gasteiger partial charge in [0.05, 0.1) is 0 Å². The Labute approximate surface area is 105 Å². The maximum Gasteiger partial charge on any atom is 0.277 e. The standard InChI is InChI=1S/C12H15N3OS/c1-8-4-3-5-10(6-8)7-17-12-15-14-11(16-12)9(2)13/h3-6,9H,7,13H2,1-2H3/p+1/t9-/m0/s1. The van der Waals surface area contributed by atoms with Gasteiger partial charge in [0.25, 0.3) is 11.1 Å². The molecule has 3 N–H and O–H groups in total. The first kappa shape index (κ1) is 12.1. The summed E-state index contributed by atoms with van der Waals surface area (Å²) in [5.74, 6) is 1.44. The fraction of sp³-hybridized carbons (Fsp3) is 0.333. The fourth-order valence-corrected chi connectivity index (χ4v) is 2.14. The Bertz CT molecular complexity index is 496. The van der Waals surface area contributed by atoms with Gasteiger partial charge in [-0.25, -0.2) is 0 Å². The number of nitrogens with zero attached hydrogens (tertiary/aromatic N) is 2. The minimum Gasteiger partial charge on any atom is -0.410 e. The molecule has 0 unspecified atom stereocenters. The summed E-state index contributed by atoms with van der Waals surface area (Å²) < 4.78 is 5.48. The van der Waals surface area contributed by atoms with Crippen molar-refractivity contribution in [3.05, 3.63) is 41.3 Å². The number of hydrogen-bond acceptors (Lipinski definition) is 4. The van der Waals surface area contributed by atoms with Gasteiger partial charge in [-0.1, -0.05) is 41.6 Å². The van der Waals surface area contributed by atoms with Crippen molar-refractivity contribution in [1.82, 2.24) is 10.2 Å². The third-order valence-corrected chi connectivity index (χ3v) is 3.18. The van der Waals surface area contributed by atoms with Crippen molar-refractivity contribution < 1.29 is 10.2 Å². The van der Waals surface area contributed by atoms with Crippen molar-refractivity contribution in [1.29, 1.82) is 0 Å². The number of aromatic nitrogens is 2. The first-order valence-corrected chi connectivity index (χ1v) is 6.48. The molecule has 1 aromatic heterocycles. The summed E-state index contributed by atoms with van der Waals surface area (Å²) in [6, 6.07) is 8.44. The minimum atomic E-state index is 0.0378. The molecule has 2 rings (SSSR count). The van der Waals surface area contributed by atoms with E-state index in [2.05, 4.69) is 47.1 Å². The van der Waals surface area contributed by atoms with Gasteiger partial charge in [0.2, 0.25) is 0 Å². The molecule has 0 fully saturated rings. The zero-order valence-corrected chi connectivity index (χ0v) is 10.8. The van der Waals surface area contributed by atoms with Gasteiger partial charge in [-0.2, -0.15) is 0 Å². The highest BCUT2D eigenvalue weighted by Crippen LogP contribution is 2.22. The van der Waals surface area contributed by atoms with E-state index in [4.69, 9.17) is 4.42 Å². The van der Waals surface area contributed by atoms with Gasteiger partial charge in [0.1, 0.15) is 0 Å². The molecule has 1 atom stereocenters. The third kappa shape index (κ3) is 3.31. The first-order valence-electron chi connectivity index (χ1n) is 5.50. The normalized spacial score (nSPS) is 12.6. The molecule has 0 spiro atoms. The van der Waals surface area contributed by atoms with Crippen LogP contribution in [0.3, 0.4) is 0 Å². The second-order valence-electron chi connectivity index (χ2n) is 4.08. The molecule has 1 heterocycles. The molecule has 0 amide bonds. The monoisotopic (exact) mass is 250 g/mol. The van der Waals surface area contributed by atoms with Crippen LogP contribution < -0.4 is 5.73 Å². The van der Waals surface area contributed by atoms with E-state index in [0.29, 0.717) is 11.1 Å². The van der Waals surface area contributed by atoms with E-state index >= 15 is 0 Å². The zero-order chi connectivity index (χ0) is 12.3. The van der Waals surface area contributed by atoms with E-state index in [9.17, 15) is 0 Å². The van der Waals surface area contributed by atoms with Gasteiger partial charge in [-0.05, 0) is 19.4 Å². The topological polar surface area (TPSA) is 66.6 Å². The van der Waals surface area contributed by atoms with Gasteiger partial charge in [0, 0.05) is 5.75 Å². The number of thioether (sulfide) groups is 1. The van der Waals surface area contributed by atoms with Crippen molar-refractivity contribution in [2.45, 2.75) is 30.9 Å². The Morgan fingerprint density at radius 1 is 1.41 bits per heavy atom. The maximum absolute atomic E-state index is 5.48. The predicted molar refractivity (Wildman–Crippen MR) is 66.3 cm³/mol. The first-order chi connectivity index (χ1) is 8.15. The highest BCUT2D eigenvalue weighted by molar-refractivity contribution is 7.98. The van der Waals surface area contributed by atoms with Crippen LogP contribution in [0.2, 0.25) is 0 Å². The number of rotatable bonds is 4. The summed E-state index contributed by atoms with van der Waals surface area (Å²) in [7, 11) is 0. The summed E-state index contributed by atoms with van der Waals surface area (Å²) >= 11 is 1.55. The molecule has 2 aromatic rings. The molecule has 0 bridgehead atoms. The van der Waals surface area contributed by atoms with Crippen molar-refractivity contribution in [3.8, 4) is 0 Å². The van der Waals surface area contributed by atoms with Crippen LogP contribution in [-0.2, 0) is 5.75 Å². The predicted octanol–water partition coefficient (Wildman–Crippen LogP) is 1.97. The Morgan fingerprint density at radius 2 is 2.24 bits per heavy atom. The highest BCUT2D eigenvalue weighted by atomic mass is 32.2. The molecule has 17 heavy (non-hydrogen) atoms.